The Hall–Kier alpha value is -1.34. The summed E-state index contributed by atoms with van der Waals surface area (Å²) in [5.41, 5.74) is 7.31. The van der Waals surface area contributed by atoms with Crippen LogP contribution in [-0.2, 0) is 13.6 Å². The van der Waals surface area contributed by atoms with E-state index in [0.29, 0.717) is 17.9 Å². The molecule has 0 fully saturated rings. The molecule has 0 bridgehead atoms. The third-order valence-electron chi connectivity index (χ3n) is 2.60. The molecule has 2 rings (SSSR count). The van der Waals surface area contributed by atoms with Gasteiger partial charge in [-0.2, -0.15) is 5.10 Å². The second-order valence-electron chi connectivity index (χ2n) is 3.99. The average molecular weight is 329 g/mol. The molecular weight excluding hydrogens is 316 g/mol. The van der Waals surface area contributed by atoms with Gasteiger partial charge in [0, 0.05) is 20.6 Å². The Bertz CT molecular complexity index is 577. The highest BCUT2D eigenvalue weighted by atomic mass is 79.9. The summed E-state index contributed by atoms with van der Waals surface area (Å²) < 4.78 is 2.54. The Morgan fingerprint density at radius 2 is 2.39 bits per heavy atom. The molecule has 0 spiro atoms. The van der Waals surface area contributed by atoms with Crippen molar-refractivity contribution in [2.75, 3.05) is 12.8 Å². The third kappa shape index (κ3) is 2.56. The van der Waals surface area contributed by atoms with E-state index in [9.17, 15) is 4.79 Å². The van der Waals surface area contributed by atoms with Gasteiger partial charge in [-0.15, -0.1) is 11.3 Å². The fourth-order valence-electron chi connectivity index (χ4n) is 1.59. The molecule has 0 saturated carbocycles. The lowest BCUT2D eigenvalue weighted by atomic mass is 10.2. The maximum Gasteiger partial charge on any atom is 0.259 e. The van der Waals surface area contributed by atoms with Gasteiger partial charge in [0.15, 0.2) is 0 Å². The van der Waals surface area contributed by atoms with Gasteiger partial charge < -0.3 is 10.6 Å². The zero-order chi connectivity index (χ0) is 13.3. The Morgan fingerprint density at radius 1 is 1.67 bits per heavy atom. The van der Waals surface area contributed by atoms with Crippen molar-refractivity contribution in [2.45, 2.75) is 6.54 Å². The summed E-state index contributed by atoms with van der Waals surface area (Å²) in [6, 6.07) is 2.00. The molecule has 5 nitrogen and oxygen atoms in total. The van der Waals surface area contributed by atoms with Crippen LogP contribution < -0.4 is 5.73 Å². The highest BCUT2D eigenvalue weighted by Crippen LogP contribution is 2.22. The summed E-state index contributed by atoms with van der Waals surface area (Å²) in [5, 5.41) is 5.98. The first-order chi connectivity index (χ1) is 8.49. The highest BCUT2D eigenvalue weighted by molar-refractivity contribution is 9.11. The minimum atomic E-state index is -0.122. The minimum absolute atomic E-state index is 0.122. The SMILES string of the molecule is CN(Cc1csc(Br)c1)C(=O)c1cnn(C)c1N. The summed E-state index contributed by atoms with van der Waals surface area (Å²) in [5.74, 6) is 0.265. The Kier molecular flexibility index (Phi) is 3.72. The summed E-state index contributed by atoms with van der Waals surface area (Å²) in [6.07, 6.45) is 1.50. The van der Waals surface area contributed by atoms with Crippen molar-refractivity contribution >= 4 is 39.0 Å². The lowest BCUT2D eigenvalue weighted by molar-refractivity contribution is 0.0786. The summed E-state index contributed by atoms with van der Waals surface area (Å²) in [4.78, 5) is 13.8. The number of aromatic nitrogens is 2. The molecule has 0 saturated heterocycles. The number of nitrogen functional groups attached to an aromatic ring is 1. The number of nitrogens with two attached hydrogens (primary N) is 1. The molecule has 0 atom stereocenters. The number of amides is 1. The van der Waals surface area contributed by atoms with Crippen LogP contribution in [0.15, 0.2) is 21.4 Å². The lowest BCUT2D eigenvalue weighted by Gasteiger charge is -2.15. The molecule has 18 heavy (non-hydrogen) atoms. The molecule has 2 heterocycles. The number of aryl methyl sites for hydroxylation is 1. The van der Waals surface area contributed by atoms with E-state index in [-0.39, 0.29) is 5.91 Å². The Morgan fingerprint density at radius 3 is 2.89 bits per heavy atom. The first kappa shape index (κ1) is 13.1. The minimum Gasteiger partial charge on any atom is -0.383 e. The van der Waals surface area contributed by atoms with Crippen LogP contribution in [0, 0.1) is 0 Å². The normalized spacial score (nSPS) is 10.6. The van der Waals surface area contributed by atoms with Crippen molar-refractivity contribution in [1.29, 1.82) is 0 Å². The molecule has 2 aromatic rings. The zero-order valence-electron chi connectivity index (χ0n) is 10.1. The van der Waals surface area contributed by atoms with Crippen LogP contribution in [0.4, 0.5) is 5.82 Å². The monoisotopic (exact) mass is 328 g/mol. The van der Waals surface area contributed by atoms with E-state index in [1.807, 2.05) is 11.4 Å². The number of anilines is 1. The van der Waals surface area contributed by atoms with Crippen LogP contribution in [0.3, 0.4) is 0 Å². The van der Waals surface area contributed by atoms with Gasteiger partial charge in [0.05, 0.1) is 9.98 Å². The van der Waals surface area contributed by atoms with E-state index in [1.54, 1.807) is 30.3 Å². The van der Waals surface area contributed by atoms with Gasteiger partial charge in [0.25, 0.3) is 5.91 Å². The number of carbonyl (C=O) groups is 1. The predicted octanol–water partition coefficient (Wildman–Crippen LogP) is 2.10. The molecule has 0 aliphatic rings. The van der Waals surface area contributed by atoms with Crippen LogP contribution in [-0.4, -0.2) is 27.6 Å². The number of hydrogen-bond donors (Lipinski definition) is 1. The molecule has 7 heteroatoms. The van der Waals surface area contributed by atoms with Crippen molar-refractivity contribution in [3.05, 3.63) is 32.6 Å². The van der Waals surface area contributed by atoms with Crippen molar-refractivity contribution in [2.24, 2.45) is 7.05 Å². The standard InChI is InChI=1S/C11H13BrN4OS/c1-15(5-7-3-9(12)18-6-7)11(17)8-4-14-16(2)10(8)13/h3-4,6H,5,13H2,1-2H3. The van der Waals surface area contributed by atoms with Crippen LogP contribution in [0.1, 0.15) is 15.9 Å². The summed E-state index contributed by atoms with van der Waals surface area (Å²) >= 11 is 5.00. The topological polar surface area (TPSA) is 64.2 Å². The van der Waals surface area contributed by atoms with Gasteiger partial charge in [0.1, 0.15) is 11.4 Å². The van der Waals surface area contributed by atoms with Gasteiger partial charge in [-0.1, -0.05) is 0 Å². The molecule has 0 aliphatic heterocycles. The molecule has 0 aliphatic carbocycles. The maximum absolute atomic E-state index is 12.2. The van der Waals surface area contributed by atoms with E-state index in [2.05, 4.69) is 21.0 Å². The number of halogens is 1. The maximum atomic E-state index is 12.2. The largest absolute Gasteiger partial charge is 0.383 e. The van der Waals surface area contributed by atoms with E-state index in [0.717, 1.165) is 9.35 Å². The van der Waals surface area contributed by atoms with Gasteiger partial charge in [-0.25, -0.2) is 0 Å². The fraction of sp³-hybridized carbons (Fsp3) is 0.273. The van der Waals surface area contributed by atoms with Gasteiger partial charge in [-0.3, -0.25) is 9.48 Å². The van der Waals surface area contributed by atoms with Crippen molar-refractivity contribution < 1.29 is 4.79 Å². The smallest absolute Gasteiger partial charge is 0.259 e. The van der Waals surface area contributed by atoms with Crippen LogP contribution in [0.25, 0.3) is 0 Å². The molecule has 0 radical (unpaired) electrons. The Balaban J connectivity index is 2.12. The second kappa shape index (κ2) is 5.11. The average Bonchev–Trinajstić information content (AvgIpc) is 2.87. The first-order valence-corrected chi connectivity index (χ1v) is 6.92. The molecule has 0 unspecified atom stereocenters. The fourth-order valence-corrected chi connectivity index (χ4v) is 2.79. The summed E-state index contributed by atoms with van der Waals surface area (Å²) in [7, 11) is 3.46. The van der Waals surface area contributed by atoms with E-state index < -0.39 is 0 Å². The molecule has 2 N–H and O–H groups in total. The second-order valence-corrected chi connectivity index (χ2v) is 6.28. The van der Waals surface area contributed by atoms with Crippen molar-refractivity contribution in [3.8, 4) is 0 Å². The van der Waals surface area contributed by atoms with Crippen LogP contribution in [0.2, 0.25) is 0 Å². The van der Waals surface area contributed by atoms with E-state index >= 15 is 0 Å². The summed E-state index contributed by atoms with van der Waals surface area (Å²) in [6.45, 7) is 0.551. The predicted molar refractivity (Wildman–Crippen MR) is 75.4 cm³/mol. The van der Waals surface area contributed by atoms with Gasteiger partial charge in [-0.05, 0) is 32.9 Å². The number of thiophene rings is 1. The molecule has 2 aromatic heterocycles. The van der Waals surface area contributed by atoms with Crippen LogP contribution in [0.5, 0.6) is 0 Å². The van der Waals surface area contributed by atoms with Gasteiger partial charge in [0.2, 0.25) is 0 Å². The van der Waals surface area contributed by atoms with E-state index in [4.69, 9.17) is 5.73 Å². The quantitative estimate of drug-likeness (QED) is 0.938. The first-order valence-electron chi connectivity index (χ1n) is 5.25. The number of carbonyl (C=O) groups excluding carboxylic acids is 1. The van der Waals surface area contributed by atoms with E-state index in [1.165, 1.54) is 10.9 Å². The van der Waals surface area contributed by atoms with Crippen molar-refractivity contribution in [1.82, 2.24) is 14.7 Å². The number of hydrogen-bond acceptors (Lipinski definition) is 4. The van der Waals surface area contributed by atoms with Crippen molar-refractivity contribution in [3.63, 3.8) is 0 Å². The van der Waals surface area contributed by atoms with Gasteiger partial charge >= 0.3 is 0 Å². The third-order valence-corrected chi connectivity index (χ3v) is 4.16. The highest BCUT2D eigenvalue weighted by Gasteiger charge is 2.18. The Labute approximate surface area is 117 Å². The number of rotatable bonds is 3. The zero-order valence-corrected chi connectivity index (χ0v) is 12.5. The molecule has 96 valence electrons. The molecule has 1 amide bonds. The number of nitrogens with zero attached hydrogens (tertiary/aromatic N) is 3. The molecule has 0 aromatic carbocycles. The van der Waals surface area contributed by atoms with Crippen LogP contribution >= 0.6 is 27.3 Å². The molecular formula is C11H13BrN4OS. The lowest BCUT2D eigenvalue weighted by Crippen LogP contribution is -2.26.